The zero-order valence-corrected chi connectivity index (χ0v) is 17.3. The Balaban J connectivity index is 5.51. The van der Waals surface area contributed by atoms with Gasteiger partial charge in [-0.3, -0.25) is 4.79 Å². The minimum absolute atomic E-state index is 0.518. The first-order valence-electron chi connectivity index (χ1n) is 8.46. The summed E-state index contributed by atoms with van der Waals surface area (Å²) < 4.78 is 133. The second kappa shape index (κ2) is 10.6. The van der Waals surface area contributed by atoms with E-state index in [1.807, 2.05) is 0 Å². The third-order valence-electron chi connectivity index (χ3n) is 3.59. The average molecular weight is 502 g/mol. The van der Waals surface area contributed by atoms with Gasteiger partial charge in [0.1, 0.15) is 0 Å². The molecule has 32 heavy (non-hydrogen) atoms. The van der Waals surface area contributed by atoms with Gasteiger partial charge < -0.3 is 19.3 Å². The summed E-state index contributed by atoms with van der Waals surface area (Å²) in [5.41, 5.74) is -0.556. The van der Waals surface area contributed by atoms with Gasteiger partial charge in [0, 0.05) is 18.5 Å². The van der Waals surface area contributed by atoms with Crippen molar-refractivity contribution in [2.45, 2.75) is 49.3 Å². The predicted molar refractivity (Wildman–Crippen MR) is 92.3 cm³/mol. The predicted octanol–water partition coefficient (Wildman–Crippen LogP) is 2.63. The van der Waals surface area contributed by atoms with Crippen molar-refractivity contribution in [3.63, 3.8) is 0 Å². The number of unbranched alkanes of at least 4 members (excludes halogenated alkanes) is 1. The Morgan fingerprint density at radius 1 is 1.09 bits per heavy atom. The summed E-state index contributed by atoms with van der Waals surface area (Å²) in [6.07, 6.45) is -8.54. The molecule has 1 amide bonds. The topological polar surface area (TPSA) is 122 Å². The van der Waals surface area contributed by atoms with Crippen LogP contribution < -0.4 is 5.32 Å². The van der Waals surface area contributed by atoms with Gasteiger partial charge in [-0.1, -0.05) is 12.7 Å². The van der Waals surface area contributed by atoms with E-state index in [1.54, 1.807) is 5.32 Å². The fraction of sp³-hybridized carbons (Fsp3) is 0.625. The van der Waals surface area contributed by atoms with Crippen LogP contribution in [-0.2, 0) is 29.2 Å². The number of hydrogen-bond donors (Lipinski definition) is 1. The Kier molecular flexibility index (Phi) is 9.88. The molecule has 0 aromatic carbocycles. The molecule has 16 heteroatoms. The summed E-state index contributed by atoms with van der Waals surface area (Å²) in [5, 5.41) is -4.26. The van der Waals surface area contributed by atoms with Gasteiger partial charge in [-0.15, -0.1) is 6.58 Å². The summed E-state index contributed by atoms with van der Waals surface area (Å²) in [6.45, 7) is 5.42. The highest BCUT2D eigenvalue weighted by Gasteiger charge is 2.66. The van der Waals surface area contributed by atoms with Gasteiger partial charge in [-0.2, -0.15) is 30.7 Å². The highest BCUT2D eigenvalue weighted by Crippen LogP contribution is 2.42. The van der Waals surface area contributed by atoms with Crippen LogP contribution in [0.15, 0.2) is 24.8 Å². The van der Waals surface area contributed by atoms with Crippen LogP contribution in [0.4, 0.5) is 30.7 Å². The molecule has 0 saturated heterocycles. The van der Waals surface area contributed by atoms with Crippen molar-refractivity contribution < 1.29 is 62.8 Å². The molecular weight excluding hydrogens is 483 g/mol. The van der Waals surface area contributed by atoms with E-state index in [0.29, 0.717) is 0 Å². The molecule has 0 aromatic heterocycles. The number of alkyl halides is 7. The molecule has 0 aliphatic carbocycles. The lowest BCUT2D eigenvalue weighted by atomic mass is 10.1. The third kappa shape index (κ3) is 6.90. The van der Waals surface area contributed by atoms with Crippen LogP contribution in [0.3, 0.4) is 0 Å². The molecule has 0 aliphatic heterocycles. The first-order chi connectivity index (χ1) is 14.3. The molecule has 0 fully saturated rings. The standard InChI is InChI=1S/C16H20F7NO7S/c1-4-8-24-12(26)14(15(19,20)21,31-11(25)10(2)3)30-9-6-5-7-13(17,18)16(22,23)32(27,28)29/h4H,1-2,5-9H2,3H3,(H,24,26)(H,27,28,29)/p-1. The van der Waals surface area contributed by atoms with E-state index in [4.69, 9.17) is 0 Å². The van der Waals surface area contributed by atoms with E-state index in [2.05, 4.69) is 22.6 Å². The summed E-state index contributed by atoms with van der Waals surface area (Å²) in [6, 6.07) is 0. The number of rotatable bonds is 13. The van der Waals surface area contributed by atoms with Crippen LogP contribution in [0.5, 0.6) is 0 Å². The van der Waals surface area contributed by atoms with Crippen LogP contribution in [-0.4, -0.2) is 61.1 Å². The minimum Gasteiger partial charge on any atom is -0.743 e. The van der Waals surface area contributed by atoms with Gasteiger partial charge in [0.2, 0.25) is 0 Å². The van der Waals surface area contributed by atoms with Crippen LogP contribution in [0.25, 0.3) is 0 Å². The van der Waals surface area contributed by atoms with Gasteiger partial charge in [-0.25, -0.2) is 13.2 Å². The van der Waals surface area contributed by atoms with Crippen molar-refractivity contribution in [3.05, 3.63) is 24.8 Å². The molecule has 0 spiro atoms. The molecule has 0 aromatic rings. The van der Waals surface area contributed by atoms with Crippen molar-refractivity contribution in [1.29, 1.82) is 0 Å². The highest BCUT2D eigenvalue weighted by atomic mass is 32.2. The zero-order chi connectivity index (χ0) is 25.6. The number of amides is 1. The lowest BCUT2D eigenvalue weighted by Gasteiger charge is -2.33. The SMILES string of the molecule is C=CCNC(=O)C(OCCCCC(F)(F)C(F)(F)S(=O)(=O)[O-])(OC(=O)C(=C)C)C(F)(F)F. The van der Waals surface area contributed by atoms with Gasteiger partial charge in [0.15, 0.2) is 10.1 Å². The molecule has 0 heterocycles. The second-order valence-corrected chi connectivity index (χ2v) is 7.68. The minimum atomic E-state index is -6.73. The number of ether oxygens (including phenoxy) is 2. The quantitative estimate of drug-likeness (QED) is 0.0782. The lowest BCUT2D eigenvalue weighted by Crippen LogP contribution is -2.61. The van der Waals surface area contributed by atoms with Crippen LogP contribution in [0, 0.1) is 0 Å². The monoisotopic (exact) mass is 502 g/mol. The molecule has 1 N–H and O–H groups in total. The van der Waals surface area contributed by atoms with Crippen molar-refractivity contribution in [2.75, 3.05) is 13.2 Å². The molecule has 0 saturated carbocycles. The average Bonchev–Trinajstić information content (AvgIpc) is 2.62. The van der Waals surface area contributed by atoms with E-state index in [9.17, 15) is 53.3 Å². The van der Waals surface area contributed by atoms with E-state index in [1.165, 1.54) is 0 Å². The number of nitrogens with one attached hydrogen (secondary N) is 1. The van der Waals surface area contributed by atoms with E-state index in [0.717, 1.165) is 13.0 Å². The van der Waals surface area contributed by atoms with Crippen LogP contribution in [0.1, 0.15) is 26.2 Å². The third-order valence-corrected chi connectivity index (χ3v) is 4.52. The molecule has 0 rings (SSSR count). The Hall–Kier alpha value is -2.20. The number of hydrogen-bond acceptors (Lipinski definition) is 7. The smallest absolute Gasteiger partial charge is 0.466 e. The first-order valence-corrected chi connectivity index (χ1v) is 9.87. The summed E-state index contributed by atoms with van der Waals surface area (Å²) in [5.74, 6) is -13.3. The zero-order valence-electron chi connectivity index (χ0n) is 16.4. The molecule has 8 nitrogen and oxygen atoms in total. The Morgan fingerprint density at radius 3 is 2.03 bits per heavy atom. The fourth-order valence-corrected chi connectivity index (χ4v) is 2.37. The number of esters is 1. The Bertz CT molecular complexity index is 827. The number of halogens is 7. The van der Waals surface area contributed by atoms with Gasteiger partial charge in [0.05, 0.1) is 6.61 Å². The maximum absolute atomic E-state index is 13.6. The molecule has 0 radical (unpaired) electrons. The second-order valence-electron chi connectivity index (χ2n) is 6.26. The molecular formula is C16H19F7NO7S-. The molecule has 0 aliphatic rings. The van der Waals surface area contributed by atoms with E-state index >= 15 is 0 Å². The fourth-order valence-electron chi connectivity index (χ4n) is 1.90. The Labute approximate surface area is 178 Å². The van der Waals surface area contributed by atoms with Gasteiger partial charge in [-0.05, 0) is 19.8 Å². The van der Waals surface area contributed by atoms with Crippen molar-refractivity contribution in [1.82, 2.24) is 5.32 Å². The largest absolute Gasteiger partial charge is 0.743 e. The highest BCUT2D eigenvalue weighted by molar-refractivity contribution is 7.86. The van der Waals surface area contributed by atoms with Crippen LogP contribution in [0.2, 0.25) is 0 Å². The lowest BCUT2D eigenvalue weighted by molar-refractivity contribution is -0.347. The van der Waals surface area contributed by atoms with E-state index in [-0.39, 0.29) is 0 Å². The summed E-state index contributed by atoms with van der Waals surface area (Å²) in [4.78, 5) is 23.7. The summed E-state index contributed by atoms with van der Waals surface area (Å²) >= 11 is 0. The van der Waals surface area contributed by atoms with Crippen molar-refractivity contribution in [3.8, 4) is 0 Å². The molecule has 1 unspecified atom stereocenters. The Morgan fingerprint density at radius 2 is 1.62 bits per heavy atom. The van der Waals surface area contributed by atoms with Crippen molar-refractivity contribution in [2.24, 2.45) is 0 Å². The van der Waals surface area contributed by atoms with Gasteiger partial charge in [0.25, 0.3) is 0 Å². The summed E-state index contributed by atoms with van der Waals surface area (Å²) in [7, 11) is -6.73. The van der Waals surface area contributed by atoms with Gasteiger partial charge >= 0.3 is 35.0 Å². The first kappa shape index (κ1) is 29.8. The van der Waals surface area contributed by atoms with E-state index < -0.39 is 83.1 Å². The molecule has 0 bridgehead atoms. The molecule has 186 valence electrons. The normalized spacial score (nSPS) is 14.9. The number of carbonyl (C=O) groups is 2. The van der Waals surface area contributed by atoms with Crippen LogP contribution >= 0.6 is 0 Å². The number of carbonyl (C=O) groups excluding carboxylic acids is 2. The maximum atomic E-state index is 13.6. The maximum Gasteiger partial charge on any atom is 0.466 e. The van der Waals surface area contributed by atoms with Crippen molar-refractivity contribution >= 4 is 22.0 Å². The molecule has 1 atom stereocenters.